The maximum atomic E-state index is 12.8. The molecule has 1 amide bonds. The normalized spacial score (nSPS) is 12.1. The van der Waals surface area contributed by atoms with Gasteiger partial charge in [0.2, 0.25) is 5.89 Å². The van der Waals surface area contributed by atoms with E-state index in [9.17, 15) is 4.79 Å². The smallest absolute Gasteiger partial charge is 0.273 e. The number of aromatic nitrogens is 4. The van der Waals surface area contributed by atoms with Gasteiger partial charge in [0.1, 0.15) is 17.4 Å². The van der Waals surface area contributed by atoms with Crippen molar-refractivity contribution in [2.45, 2.75) is 19.9 Å². The molecule has 2 aromatic heterocycles. The van der Waals surface area contributed by atoms with Crippen LogP contribution in [0.1, 0.15) is 35.2 Å². The van der Waals surface area contributed by atoms with Crippen molar-refractivity contribution in [1.82, 2.24) is 25.0 Å². The van der Waals surface area contributed by atoms with Crippen LogP contribution in [0.5, 0.6) is 0 Å². The highest BCUT2D eigenvalue weighted by Crippen LogP contribution is 2.24. The molecule has 0 bridgehead atoms. The molecular weight excluding hydrogens is 294 g/mol. The Morgan fingerprint density at radius 1 is 1.30 bits per heavy atom. The van der Waals surface area contributed by atoms with Gasteiger partial charge in [-0.1, -0.05) is 35.5 Å². The van der Waals surface area contributed by atoms with E-state index in [1.807, 2.05) is 37.3 Å². The van der Waals surface area contributed by atoms with Gasteiger partial charge in [-0.25, -0.2) is 4.98 Å². The third-order valence-electron chi connectivity index (χ3n) is 3.70. The average Bonchev–Trinajstić information content (AvgIpc) is 3.22. The Bertz CT molecular complexity index is 809. The number of aryl methyl sites for hydroxylation is 1. The van der Waals surface area contributed by atoms with Gasteiger partial charge in [0.15, 0.2) is 5.82 Å². The van der Waals surface area contributed by atoms with Gasteiger partial charge >= 0.3 is 0 Å². The monoisotopic (exact) mass is 311 g/mol. The summed E-state index contributed by atoms with van der Waals surface area (Å²) in [6.45, 7) is 3.58. The summed E-state index contributed by atoms with van der Waals surface area (Å²) < 4.78 is 5.15. The van der Waals surface area contributed by atoms with Crippen LogP contribution in [0.3, 0.4) is 0 Å². The number of rotatable bonds is 4. The fraction of sp³-hybridized carbons (Fsp3) is 0.250. The lowest BCUT2D eigenvalue weighted by atomic mass is 10.1. The third-order valence-corrected chi connectivity index (χ3v) is 3.70. The topological polar surface area (TPSA) is 87.9 Å². The van der Waals surface area contributed by atoms with Gasteiger partial charge in [-0.3, -0.25) is 4.79 Å². The number of aromatic amines is 1. The lowest BCUT2D eigenvalue weighted by molar-refractivity contribution is 0.0711. The van der Waals surface area contributed by atoms with Gasteiger partial charge in [0.25, 0.3) is 5.91 Å². The molecule has 2 heterocycles. The number of carbonyl (C=O) groups is 1. The molecule has 0 radical (unpaired) electrons. The minimum absolute atomic E-state index is 0.190. The Labute approximate surface area is 133 Å². The molecular formula is C16H17N5O2. The number of benzene rings is 1. The Kier molecular flexibility index (Phi) is 3.92. The average molecular weight is 311 g/mol. The first-order valence-corrected chi connectivity index (χ1v) is 7.24. The molecule has 0 aliphatic carbocycles. The molecule has 118 valence electrons. The van der Waals surface area contributed by atoms with E-state index in [2.05, 4.69) is 20.1 Å². The number of nitrogens with one attached hydrogen (secondary N) is 1. The van der Waals surface area contributed by atoms with E-state index in [1.54, 1.807) is 18.9 Å². The Morgan fingerprint density at radius 3 is 2.70 bits per heavy atom. The summed E-state index contributed by atoms with van der Waals surface area (Å²) in [5, 5.41) is 3.76. The van der Waals surface area contributed by atoms with Crippen LogP contribution in [-0.2, 0) is 0 Å². The number of amides is 1. The Balaban J connectivity index is 1.88. The zero-order valence-corrected chi connectivity index (χ0v) is 13.1. The lowest BCUT2D eigenvalue weighted by Gasteiger charge is -2.21. The molecule has 3 aromatic rings. The number of hydrogen-bond acceptors (Lipinski definition) is 5. The Morgan fingerprint density at radius 2 is 2.04 bits per heavy atom. The first-order valence-electron chi connectivity index (χ1n) is 7.24. The van der Waals surface area contributed by atoms with Crippen molar-refractivity contribution in [1.29, 1.82) is 0 Å². The number of imidazole rings is 1. The Hall–Kier alpha value is -2.96. The molecule has 23 heavy (non-hydrogen) atoms. The number of carbonyl (C=O) groups excluding carboxylic acids is 1. The van der Waals surface area contributed by atoms with Gasteiger partial charge in [-0.2, -0.15) is 4.98 Å². The van der Waals surface area contributed by atoms with Crippen molar-refractivity contribution in [2.75, 3.05) is 7.05 Å². The molecule has 1 atom stereocenters. The van der Waals surface area contributed by atoms with Crippen LogP contribution in [0, 0.1) is 6.92 Å². The van der Waals surface area contributed by atoms with Crippen LogP contribution in [0.25, 0.3) is 11.3 Å². The molecule has 1 aromatic carbocycles. The maximum Gasteiger partial charge on any atom is 0.273 e. The number of nitrogens with zero attached hydrogens (tertiary/aromatic N) is 4. The molecule has 7 nitrogen and oxygen atoms in total. The SMILES string of the molecule is Cc1noc(C(C)N(C)C(=O)c2[nH]cnc2-c2ccccc2)n1. The third kappa shape index (κ3) is 2.85. The first-order chi connectivity index (χ1) is 11.1. The fourth-order valence-electron chi connectivity index (χ4n) is 2.27. The van der Waals surface area contributed by atoms with E-state index in [1.165, 1.54) is 6.33 Å². The summed E-state index contributed by atoms with van der Waals surface area (Å²) >= 11 is 0. The van der Waals surface area contributed by atoms with Crippen LogP contribution in [0.15, 0.2) is 41.2 Å². The summed E-state index contributed by atoms with van der Waals surface area (Å²) in [5.41, 5.74) is 1.94. The second kappa shape index (κ2) is 6.04. The standard InChI is InChI=1S/C16H17N5O2/c1-10(15-19-11(2)20-23-15)21(3)16(22)14-13(17-9-18-14)12-7-5-4-6-8-12/h4-10H,1-3H3,(H,17,18). The van der Waals surface area contributed by atoms with E-state index in [4.69, 9.17) is 4.52 Å². The van der Waals surface area contributed by atoms with Crippen molar-refractivity contribution in [2.24, 2.45) is 0 Å². The van der Waals surface area contributed by atoms with Crippen molar-refractivity contribution < 1.29 is 9.32 Å². The molecule has 0 saturated heterocycles. The van der Waals surface area contributed by atoms with Crippen LogP contribution in [-0.4, -0.2) is 38.0 Å². The van der Waals surface area contributed by atoms with Crippen LogP contribution < -0.4 is 0 Å². The number of hydrogen-bond donors (Lipinski definition) is 1. The first kappa shape index (κ1) is 15.0. The van der Waals surface area contributed by atoms with E-state index < -0.39 is 0 Å². The summed E-state index contributed by atoms with van der Waals surface area (Å²) in [6.07, 6.45) is 1.52. The second-order valence-electron chi connectivity index (χ2n) is 5.26. The van der Waals surface area contributed by atoms with Crippen LogP contribution in [0.2, 0.25) is 0 Å². The van der Waals surface area contributed by atoms with Gasteiger partial charge in [-0.15, -0.1) is 0 Å². The minimum atomic E-state index is -0.337. The summed E-state index contributed by atoms with van der Waals surface area (Å²) in [4.78, 5) is 25.7. The highest BCUT2D eigenvalue weighted by atomic mass is 16.5. The molecule has 0 spiro atoms. The molecule has 3 rings (SSSR count). The van der Waals surface area contributed by atoms with E-state index in [-0.39, 0.29) is 11.9 Å². The van der Waals surface area contributed by atoms with Gasteiger partial charge < -0.3 is 14.4 Å². The van der Waals surface area contributed by atoms with Crippen molar-refractivity contribution in [3.8, 4) is 11.3 Å². The highest BCUT2D eigenvalue weighted by molar-refractivity contribution is 5.98. The van der Waals surface area contributed by atoms with Crippen molar-refractivity contribution in [3.05, 3.63) is 54.1 Å². The molecule has 7 heteroatoms. The predicted molar refractivity (Wildman–Crippen MR) is 83.6 cm³/mol. The largest absolute Gasteiger partial charge is 0.340 e. The van der Waals surface area contributed by atoms with E-state index in [0.29, 0.717) is 23.1 Å². The maximum absolute atomic E-state index is 12.8. The van der Waals surface area contributed by atoms with Crippen LogP contribution in [0.4, 0.5) is 0 Å². The van der Waals surface area contributed by atoms with E-state index >= 15 is 0 Å². The molecule has 0 aliphatic heterocycles. The molecule has 1 unspecified atom stereocenters. The van der Waals surface area contributed by atoms with Gasteiger partial charge in [0, 0.05) is 12.6 Å². The van der Waals surface area contributed by atoms with Gasteiger partial charge in [0.05, 0.1) is 6.33 Å². The predicted octanol–water partition coefficient (Wildman–Crippen LogP) is 2.60. The molecule has 0 fully saturated rings. The van der Waals surface area contributed by atoms with Crippen molar-refractivity contribution >= 4 is 5.91 Å². The fourth-order valence-corrected chi connectivity index (χ4v) is 2.27. The summed E-state index contributed by atoms with van der Waals surface area (Å²) in [6, 6.07) is 9.23. The zero-order valence-electron chi connectivity index (χ0n) is 13.1. The van der Waals surface area contributed by atoms with Gasteiger partial charge in [-0.05, 0) is 13.8 Å². The highest BCUT2D eigenvalue weighted by Gasteiger charge is 2.26. The summed E-state index contributed by atoms with van der Waals surface area (Å²) in [5.74, 6) is 0.753. The molecule has 1 N–H and O–H groups in total. The van der Waals surface area contributed by atoms with E-state index in [0.717, 1.165) is 5.56 Å². The quantitative estimate of drug-likeness (QED) is 0.800. The summed E-state index contributed by atoms with van der Waals surface area (Å²) in [7, 11) is 1.70. The number of H-pyrrole nitrogens is 1. The minimum Gasteiger partial charge on any atom is -0.340 e. The molecule has 0 aliphatic rings. The van der Waals surface area contributed by atoms with Crippen molar-refractivity contribution in [3.63, 3.8) is 0 Å². The van der Waals surface area contributed by atoms with Crippen LogP contribution >= 0.6 is 0 Å². The zero-order chi connectivity index (χ0) is 16.4. The molecule has 0 saturated carbocycles. The lowest BCUT2D eigenvalue weighted by Crippen LogP contribution is -2.30. The second-order valence-corrected chi connectivity index (χ2v) is 5.26.